The van der Waals surface area contributed by atoms with Gasteiger partial charge in [-0.1, -0.05) is 24.3 Å². The van der Waals surface area contributed by atoms with Gasteiger partial charge < -0.3 is 14.3 Å². The first-order valence-electron chi connectivity index (χ1n) is 10.2. The van der Waals surface area contributed by atoms with Crippen LogP contribution in [-0.4, -0.2) is 41.2 Å². The topological polar surface area (TPSA) is 75.8 Å². The van der Waals surface area contributed by atoms with Crippen molar-refractivity contribution >= 4 is 5.97 Å². The van der Waals surface area contributed by atoms with Gasteiger partial charge in [0.25, 0.3) is 0 Å². The lowest BCUT2D eigenvalue weighted by Crippen LogP contribution is -2.34. The van der Waals surface area contributed by atoms with Gasteiger partial charge in [0.2, 0.25) is 0 Å². The van der Waals surface area contributed by atoms with Gasteiger partial charge in [-0.15, -0.1) is 0 Å². The number of likely N-dealkylation sites (tertiary alicyclic amines) is 1. The number of hydrogen-bond donors (Lipinski definition) is 1. The highest BCUT2D eigenvalue weighted by Gasteiger charge is 2.25. The van der Waals surface area contributed by atoms with E-state index in [0.717, 1.165) is 61.0 Å². The first kappa shape index (κ1) is 20.2. The molecule has 156 valence electrons. The molecule has 2 heterocycles. The van der Waals surface area contributed by atoms with E-state index in [-0.39, 0.29) is 5.92 Å². The Balaban J connectivity index is 1.36. The van der Waals surface area contributed by atoms with E-state index < -0.39 is 5.97 Å². The average molecular weight is 406 g/mol. The Hall–Kier alpha value is -3.12. The molecule has 0 amide bonds. The van der Waals surface area contributed by atoms with Crippen LogP contribution in [0.4, 0.5) is 0 Å². The zero-order valence-electron chi connectivity index (χ0n) is 17.1. The summed E-state index contributed by atoms with van der Waals surface area (Å²) < 4.78 is 11.3. The molecule has 1 saturated heterocycles. The van der Waals surface area contributed by atoms with Gasteiger partial charge in [-0.05, 0) is 54.8 Å². The van der Waals surface area contributed by atoms with E-state index in [2.05, 4.69) is 9.88 Å². The van der Waals surface area contributed by atoms with Gasteiger partial charge in [-0.3, -0.25) is 4.90 Å². The predicted octanol–water partition coefficient (Wildman–Crippen LogP) is 4.35. The van der Waals surface area contributed by atoms with Crippen molar-refractivity contribution in [3.05, 3.63) is 83.1 Å². The summed E-state index contributed by atoms with van der Waals surface area (Å²) in [5.74, 6) is 1.91. The second-order valence-corrected chi connectivity index (χ2v) is 7.77. The van der Waals surface area contributed by atoms with Crippen molar-refractivity contribution in [3.63, 3.8) is 0 Å². The van der Waals surface area contributed by atoms with Gasteiger partial charge in [-0.25, -0.2) is 9.78 Å². The van der Waals surface area contributed by atoms with Crippen molar-refractivity contribution in [3.8, 4) is 5.75 Å². The number of carboxylic acids is 1. The number of oxazole rings is 1. The average Bonchev–Trinajstić information content (AvgIpc) is 3.23. The molecule has 6 nitrogen and oxygen atoms in total. The van der Waals surface area contributed by atoms with Crippen molar-refractivity contribution in [1.82, 2.24) is 9.88 Å². The van der Waals surface area contributed by atoms with E-state index >= 15 is 0 Å². The smallest absolute Gasteiger partial charge is 0.335 e. The van der Waals surface area contributed by atoms with E-state index in [1.165, 1.54) is 0 Å². The SMILES string of the molecule is COc1ccc(Cc2cnc([C@@H]3CCCN(Cc4ccc(C(=O)O)cc4)C3)o2)cc1. The fraction of sp³-hybridized carbons (Fsp3) is 0.333. The summed E-state index contributed by atoms with van der Waals surface area (Å²) in [6, 6.07) is 15.1. The number of rotatable bonds is 7. The predicted molar refractivity (Wildman–Crippen MR) is 113 cm³/mol. The number of carbonyl (C=O) groups is 1. The molecule has 1 fully saturated rings. The van der Waals surface area contributed by atoms with E-state index in [9.17, 15) is 4.79 Å². The molecular formula is C24H26N2O4. The van der Waals surface area contributed by atoms with Crippen LogP contribution in [0.2, 0.25) is 0 Å². The van der Waals surface area contributed by atoms with Gasteiger partial charge >= 0.3 is 5.97 Å². The largest absolute Gasteiger partial charge is 0.497 e. The van der Waals surface area contributed by atoms with Crippen LogP contribution < -0.4 is 4.74 Å². The Kier molecular flexibility index (Phi) is 6.14. The van der Waals surface area contributed by atoms with Crippen LogP contribution in [0.1, 0.15) is 51.9 Å². The Morgan fingerprint density at radius 3 is 2.60 bits per heavy atom. The number of benzene rings is 2. The van der Waals surface area contributed by atoms with Crippen LogP contribution in [0.3, 0.4) is 0 Å². The molecule has 6 heteroatoms. The highest BCUT2D eigenvalue weighted by molar-refractivity contribution is 5.87. The maximum absolute atomic E-state index is 11.0. The zero-order valence-corrected chi connectivity index (χ0v) is 17.1. The third-order valence-corrected chi connectivity index (χ3v) is 5.57. The number of nitrogens with zero attached hydrogens (tertiary/aromatic N) is 2. The normalized spacial score (nSPS) is 17.0. The zero-order chi connectivity index (χ0) is 20.9. The third kappa shape index (κ3) is 4.89. The molecule has 4 rings (SSSR count). The van der Waals surface area contributed by atoms with Crippen molar-refractivity contribution in [2.24, 2.45) is 0 Å². The monoisotopic (exact) mass is 406 g/mol. The molecule has 0 bridgehead atoms. The van der Waals surface area contributed by atoms with E-state index in [4.69, 9.17) is 14.3 Å². The minimum absolute atomic E-state index is 0.279. The molecule has 3 aromatic rings. The molecule has 1 aliphatic rings. The fourth-order valence-electron chi connectivity index (χ4n) is 3.95. The van der Waals surface area contributed by atoms with Crippen molar-refractivity contribution in [2.45, 2.75) is 31.7 Å². The first-order valence-corrected chi connectivity index (χ1v) is 10.2. The minimum Gasteiger partial charge on any atom is -0.497 e. The van der Waals surface area contributed by atoms with Crippen molar-refractivity contribution < 1.29 is 19.1 Å². The molecule has 0 aliphatic carbocycles. The Labute approximate surface area is 176 Å². The maximum atomic E-state index is 11.0. The Morgan fingerprint density at radius 2 is 1.90 bits per heavy atom. The number of piperidine rings is 1. The number of methoxy groups -OCH3 is 1. The van der Waals surface area contributed by atoms with Crippen LogP contribution in [0, 0.1) is 0 Å². The number of aromatic carboxylic acids is 1. The quantitative estimate of drug-likeness (QED) is 0.629. The molecule has 0 radical (unpaired) electrons. The summed E-state index contributed by atoms with van der Waals surface area (Å²) >= 11 is 0. The molecule has 0 spiro atoms. The van der Waals surface area contributed by atoms with Crippen LogP contribution in [-0.2, 0) is 13.0 Å². The highest BCUT2D eigenvalue weighted by Crippen LogP contribution is 2.28. The lowest BCUT2D eigenvalue weighted by atomic mass is 9.97. The van der Waals surface area contributed by atoms with E-state index in [1.807, 2.05) is 42.6 Å². The molecule has 1 aromatic heterocycles. The van der Waals surface area contributed by atoms with Gasteiger partial charge in [-0.2, -0.15) is 0 Å². The highest BCUT2D eigenvalue weighted by atomic mass is 16.5. The van der Waals surface area contributed by atoms with Crippen molar-refractivity contribution in [2.75, 3.05) is 20.2 Å². The third-order valence-electron chi connectivity index (χ3n) is 5.57. The summed E-state index contributed by atoms with van der Waals surface area (Å²) in [6.07, 6.45) is 4.71. The molecule has 1 atom stereocenters. The van der Waals surface area contributed by atoms with Gasteiger partial charge in [0.05, 0.1) is 18.9 Å². The van der Waals surface area contributed by atoms with Gasteiger partial charge in [0.1, 0.15) is 11.5 Å². The number of aromatic nitrogens is 1. The van der Waals surface area contributed by atoms with E-state index in [1.54, 1.807) is 19.2 Å². The number of ether oxygens (including phenoxy) is 1. The Bertz CT molecular complexity index is 979. The summed E-state index contributed by atoms with van der Waals surface area (Å²) in [4.78, 5) is 18.0. The minimum atomic E-state index is -0.895. The second-order valence-electron chi connectivity index (χ2n) is 7.77. The fourth-order valence-corrected chi connectivity index (χ4v) is 3.95. The molecular weight excluding hydrogens is 380 g/mol. The molecule has 2 aromatic carbocycles. The van der Waals surface area contributed by atoms with Gasteiger partial charge in [0.15, 0.2) is 5.89 Å². The number of hydrogen-bond acceptors (Lipinski definition) is 5. The lowest BCUT2D eigenvalue weighted by molar-refractivity contribution is 0.0697. The summed E-state index contributed by atoms with van der Waals surface area (Å²) in [7, 11) is 1.66. The first-order chi connectivity index (χ1) is 14.6. The van der Waals surface area contributed by atoms with Crippen LogP contribution in [0.5, 0.6) is 5.75 Å². The van der Waals surface area contributed by atoms with Crippen LogP contribution in [0.25, 0.3) is 0 Å². The molecule has 0 saturated carbocycles. The van der Waals surface area contributed by atoms with Crippen LogP contribution in [0.15, 0.2) is 59.1 Å². The molecule has 30 heavy (non-hydrogen) atoms. The summed E-state index contributed by atoms with van der Waals surface area (Å²) in [6.45, 7) is 2.72. The molecule has 1 aliphatic heterocycles. The lowest BCUT2D eigenvalue weighted by Gasteiger charge is -2.31. The van der Waals surface area contributed by atoms with Crippen molar-refractivity contribution in [1.29, 1.82) is 0 Å². The second kappa shape index (κ2) is 9.13. The Morgan fingerprint density at radius 1 is 1.17 bits per heavy atom. The summed E-state index contributed by atoms with van der Waals surface area (Å²) in [5, 5.41) is 9.04. The van der Waals surface area contributed by atoms with Crippen LogP contribution >= 0.6 is 0 Å². The maximum Gasteiger partial charge on any atom is 0.335 e. The standard InChI is InChI=1S/C24H26N2O4/c1-29-21-10-6-17(7-11-21)13-22-14-25-23(30-22)20-3-2-12-26(16-20)15-18-4-8-19(9-5-18)24(27)28/h4-11,14,20H,2-3,12-13,15-16H2,1H3,(H,27,28)/t20-/m1/s1. The van der Waals surface area contributed by atoms with Gasteiger partial charge in [0, 0.05) is 25.4 Å². The molecule has 1 N–H and O–H groups in total. The van der Waals surface area contributed by atoms with E-state index in [0.29, 0.717) is 12.0 Å². The number of carboxylic acid groups (broad SMARTS) is 1. The molecule has 0 unspecified atom stereocenters. The summed E-state index contributed by atoms with van der Waals surface area (Å²) in [5.41, 5.74) is 2.60.